The van der Waals surface area contributed by atoms with Gasteiger partial charge in [-0.15, -0.1) is 0 Å². The van der Waals surface area contributed by atoms with Crippen molar-refractivity contribution in [1.29, 1.82) is 0 Å². The van der Waals surface area contributed by atoms with E-state index >= 15 is 0 Å². The van der Waals surface area contributed by atoms with Gasteiger partial charge in [-0.3, -0.25) is 9.59 Å². The first-order valence-corrected chi connectivity index (χ1v) is 17.3. The Kier molecular flexibility index (Phi) is 12.4. The van der Waals surface area contributed by atoms with Gasteiger partial charge in [0.2, 0.25) is 0 Å². The molecule has 0 saturated carbocycles. The molecule has 6 rings (SSSR count). The third-order valence-electron chi connectivity index (χ3n) is 8.12. The minimum absolute atomic E-state index is 0.00781. The van der Waals surface area contributed by atoms with Gasteiger partial charge in [0, 0.05) is 63.7 Å². The largest absolute Gasteiger partial charge is 0.507 e. The molecule has 3 N–H and O–H groups in total. The van der Waals surface area contributed by atoms with Crippen molar-refractivity contribution in [3.05, 3.63) is 138 Å². The van der Waals surface area contributed by atoms with Gasteiger partial charge in [0.1, 0.15) is 56.5 Å². The summed E-state index contributed by atoms with van der Waals surface area (Å²) in [6.07, 6.45) is 4.78. The van der Waals surface area contributed by atoms with E-state index < -0.39 is 0 Å². The van der Waals surface area contributed by atoms with Gasteiger partial charge in [-0.2, -0.15) is 0 Å². The van der Waals surface area contributed by atoms with Crippen molar-refractivity contribution >= 4 is 45.1 Å². The summed E-state index contributed by atoms with van der Waals surface area (Å²) in [6.45, 7) is 7.85. The van der Waals surface area contributed by atoms with E-state index in [1.807, 2.05) is 39.8 Å². The zero-order valence-electron chi connectivity index (χ0n) is 29.8. The Morgan fingerprint density at radius 3 is 1.53 bits per heavy atom. The van der Waals surface area contributed by atoms with Crippen molar-refractivity contribution in [2.45, 2.75) is 40.5 Å². The molecule has 2 heterocycles. The molecule has 53 heavy (non-hydrogen) atoms. The lowest BCUT2D eigenvalue weighted by atomic mass is 10.0. The SMILES string of the molecule is CC(C)=CCc1c(O)cc(O)c2c(=O)cc(-c3ccc(Cl)cc3)oc12.COCOc1cc(O)c2c(=O)cc(-c3ccc(Cl)cc3)oc2c1CC=C(C)C. The molecule has 0 saturated heterocycles. The van der Waals surface area contributed by atoms with Crippen molar-refractivity contribution < 1.29 is 33.6 Å². The van der Waals surface area contributed by atoms with Crippen LogP contribution in [0.3, 0.4) is 0 Å². The van der Waals surface area contributed by atoms with E-state index in [1.54, 1.807) is 48.5 Å². The molecule has 0 radical (unpaired) electrons. The van der Waals surface area contributed by atoms with E-state index in [2.05, 4.69) is 0 Å². The number of phenolic OH excluding ortho intramolecular Hbond substituents is 3. The van der Waals surface area contributed by atoms with E-state index in [1.165, 1.54) is 31.4 Å². The van der Waals surface area contributed by atoms with Crippen molar-refractivity contribution in [2.75, 3.05) is 13.9 Å². The van der Waals surface area contributed by atoms with Gasteiger partial charge >= 0.3 is 0 Å². The van der Waals surface area contributed by atoms with Gasteiger partial charge in [0.15, 0.2) is 17.7 Å². The third-order valence-corrected chi connectivity index (χ3v) is 8.63. The number of phenols is 3. The first kappa shape index (κ1) is 38.7. The van der Waals surface area contributed by atoms with Crippen LogP contribution in [0.1, 0.15) is 38.8 Å². The second-order valence-corrected chi connectivity index (χ2v) is 13.5. The number of hydrogen-bond donors (Lipinski definition) is 3. The van der Waals surface area contributed by atoms with Gasteiger partial charge in [0.05, 0.1) is 0 Å². The van der Waals surface area contributed by atoms with Crippen LogP contribution in [0.4, 0.5) is 0 Å². The van der Waals surface area contributed by atoms with Gasteiger partial charge < -0.3 is 33.6 Å². The van der Waals surface area contributed by atoms with Crippen molar-refractivity contribution in [3.8, 4) is 45.6 Å². The van der Waals surface area contributed by atoms with Crippen LogP contribution in [0.15, 0.2) is 115 Å². The Hall–Kier alpha value is -5.48. The molecule has 0 spiro atoms. The van der Waals surface area contributed by atoms with Crippen molar-refractivity contribution in [3.63, 3.8) is 0 Å². The maximum absolute atomic E-state index is 12.7. The molecule has 2 aromatic heterocycles. The predicted molar refractivity (Wildman–Crippen MR) is 210 cm³/mol. The molecular weight excluding hydrogens is 719 g/mol. The van der Waals surface area contributed by atoms with Gasteiger partial charge in [-0.25, -0.2) is 0 Å². The Morgan fingerprint density at radius 1 is 0.642 bits per heavy atom. The Morgan fingerprint density at radius 2 is 1.08 bits per heavy atom. The molecule has 6 aromatic rings. The number of halogens is 2. The first-order chi connectivity index (χ1) is 25.3. The van der Waals surface area contributed by atoms with E-state index in [0.29, 0.717) is 68.0 Å². The summed E-state index contributed by atoms with van der Waals surface area (Å²) in [5, 5.41) is 32.1. The molecule has 11 heteroatoms. The second kappa shape index (κ2) is 16.9. The standard InChI is InChI=1S/C22H21ClO5.C20H17ClO4/c1-13(2)4-9-16-20(27-12-26-3)11-18(25)21-17(24)10-19(28-22(16)21)14-5-7-15(23)8-6-14;1-11(2)3-8-14-15(22)9-16(23)19-17(24)10-18(25-20(14)19)12-4-6-13(21)7-5-12/h4-8,10-11,25H,9,12H2,1-3H3;3-7,9-10,22-23H,8H2,1-2H3. The molecule has 9 nitrogen and oxygen atoms in total. The van der Waals surface area contributed by atoms with Crippen LogP contribution in [-0.4, -0.2) is 29.2 Å². The van der Waals surface area contributed by atoms with Crippen LogP contribution in [0.2, 0.25) is 10.0 Å². The Balaban J connectivity index is 0.000000206. The minimum Gasteiger partial charge on any atom is -0.507 e. The van der Waals surface area contributed by atoms with E-state index in [9.17, 15) is 24.9 Å². The smallest absolute Gasteiger partial charge is 0.197 e. The fraction of sp³-hybridized carbons (Fsp3) is 0.190. The molecule has 0 fully saturated rings. The van der Waals surface area contributed by atoms with Gasteiger partial charge in [-0.1, -0.05) is 46.5 Å². The lowest BCUT2D eigenvalue weighted by Crippen LogP contribution is -2.06. The molecular formula is C42H38Cl2O9. The van der Waals surface area contributed by atoms with E-state index in [0.717, 1.165) is 11.1 Å². The summed E-state index contributed by atoms with van der Waals surface area (Å²) in [4.78, 5) is 25.3. The molecule has 0 aliphatic heterocycles. The number of fused-ring (bicyclic) bond motifs is 2. The molecule has 4 aromatic carbocycles. The average molecular weight is 758 g/mol. The number of aromatic hydroxyl groups is 3. The van der Waals surface area contributed by atoms with E-state index in [-0.39, 0.29) is 51.3 Å². The molecule has 0 aliphatic rings. The fourth-order valence-corrected chi connectivity index (χ4v) is 5.72. The zero-order valence-corrected chi connectivity index (χ0v) is 31.3. The topological polar surface area (TPSA) is 140 Å². The Bertz CT molecular complexity index is 2450. The maximum atomic E-state index is 12.7. The molecule has 0 aliphatic carbocycles. The van der Waals surface area contributed by atoms with E-state index in [4.69, 9.17) is 41.5 Å². The van der Waals surface area contributed by atoms with Crippen LogP contribution >= 0.6 is 23.2 Å². The van der Waals surface area contributed by atoms with Gasteiger partial charge in [0.25, 0.3) is 0 Å². The predicted octanol–water partition coefficient (Wildman–Crippen LogP) is 10.3. The van der Waals surface area contributed by atoms with Crippen molar-refractivity contribution in [1.82, 2.24) is 0 Å². The summed E-state index contributed by atoms with van der Waals surface area (Å²) in [5.74, 6) is 0.525. The van der Waals surface area contributed by atoms with Crippen molar-refractivity contribution in [2.24, 2.45) is 0 Å². The highest BCUT2D eigenvalue weighted by atomic mass is 35.5. The quantitative estimate of drug-likeness (QED) is 0.0971. The van der Waals surface area contributed by atoms with Crippen LogP contribution in [0, 0.1) is 0 Å². The summed E-state index contributed by atoms with van der Waals surface area (Å²) >= 11 is 11.8. The Labute approximate surface area is 315 Å². The summed E-state index contributed by atoms with van der Waals surface area (Å²) in [7, 11) is 1.51. The zero-order chi connectivity index (χ0) is 38.4. The first-order valence-electron chi connectivity index (χ1n) is 16.5. The highest BCUT2D eigenvalue weighted by Crippen LogP contribution is 2.38. The second-order valence-electron chi connectivity index (χ2n) is 12.7. The normalized spacial score (nSPS) is 10.8. The number of methoxy groups -OCH3 is 1. The summed E-state index contributed by atoms with van der Waals surface area (Å²) < 4.78 is 22.6. The number of hydrogen-bond acceptors (Lipinski definition) is 9. The fourth-order valence-electron chi connectivity index (χ4n) is 5.46. The number of allylic oxidation sites excluding steroid dienone is 4. The lowest BCUT2D eigenvalue weighted by Gasteiger charge is -2.14. The lowest BCUT2D eigenvalue weighted by molar-refractivity contribution is 0.0504. The molecule has 0 unspecified atom stereocenters. The summed E-state index contributed by atoms with van der Waals surface area (Å²) in [5.41, 5.74) is 4.46. The monoisotopic (exact) mass is 756 g/mol. The molecule has 0 bridgehead atoms. The average Bonchev–Trinajstić information content (AvgIpc) is 3.10. The molecule has 0 amide bonds. The molecule has 0 atom stereocenters. The minimum atomic E-state index is -0.373. The van der Waals surface area contributed by atoms with Crippen LogP contribution < -0.4 is 15.6 Å². The highest BCUT2D eigenvalue weighted by Gasteiger charge is 2.20. The maximum Gasteiger partial charge on any atom is 0.197 e. The number of rotatable bonds is 9. The highest BCUT2D eigenvalue weighted by molar-refractivity contribution is 6.30. The third kappa shape index (κ3) is 9.13. The van der Waals surface area contributed by atoms with Crippen LogP contribution in [0.5, 0.6) is 23.0 Å². The summed E-state index contributed by atoms with van der Waals surface area (Å²) in [6, 6.07) is 19.2. The van der Waals surface area contributed by atoms with Crippen LogP contribution in [-0.2, 0) is 17.6 Å². The molecule has 274 valence electrons. The number of ether oxygens (including phenoxy) is 2. The number of benzene rings is 4. The van der Waals surface area contributed by atoms with Gasteiger partial charge in [-0.05, 0) is 89.1 Å². The van der Waals surface area contributed by atoms with Crippen LogP contribution in [0.25, 0.3) is 44.6 Å².